The quantitative estimate of drug-likeness (QED) is 0.828. The highest BCUT2D eigenvalue weighted by molar-refractivity contribution is 5.47. The fourth-order valence-corrected chi connectivity index (χ4v) is 2.17. The summed E-state index contributed by atoms with van der Waals surface area (Å²) in [7, 11) is 1.54. The van der Waals surface area contributed by atoms with Crippen LogP contribution in [0.2, 0.25) is 0 Å². The number of nitrogens with zero attached hydrogens (tertiary/aromatic N) is 4. The largest absolute Gasteiger partial charge is 0.480 e. The van der Waals surface area contributed by atoms with Gasteiger partial charge in [0.15, 0.2) is 0 Å². The second-order valence-electron chi connectivity index (χ2n) is 5.41. The molecule has 0 aromatic carbocycles. The van der Waals surface area contributed by atoms with Crippen LogP contribution >= 0.6 is 0 Å². The summed E-state index contributed by atoms with van der Waals surface area (Å²) in [5.74, 6) is 2.40. The van der Waals surface area contributed by atoms with E-state index in [0.717, 1.165) is 6.42 Å². The Labute approximate surface area is 123 Å². The third-order valence-corrected chi connectivity index (χ3v) is 3.15. The number of hydrogen-bond acceptors (Lipinski definition) is 7. The normalized spacial score (nSPS) is 12.6. The van der Waals surface area contributed by atoms with Crippen LogP contribution in [0.3, 0.4) is 0 Å². The van der Waals surface area contributed by atoms with Gasteiger partial charge < -0.3 is 15.0 Å². The second-order valence-corrected chi connectivity index (χ2v) is 5.41. The van der Waals surface area contributed by atoms with E-state index in [9.17, 15) is 0 Å². The molecule has 0 aliphatic rings. The van der Waals surface area contributed by atoms with Crippen molar-refractivity contribution in [2.45, 2.75) is 26.7 Å². The van der Waals surface area contributed by atoms with Crippen molar-refractivity contribution in [2.24, 2.45) is 17.6 Å². The molecular weight excluding hydrogens is 270 g/mol. The van der Waals surface area contributed by atoms with Crippen molar-refractivity contribution in [3.8, 4) is 17.4 Å². The van der Waals surface area contributed by atoms with Crippen molar-refractivity contribution in [3.63, 3.8) is 0 Å². The maximum Gasteiger partial charge on any atom is 0.233 e. The lowest BCUT2D eigenvalue weighted by molar-refractivity contribution is 0.331. The predicted octanol–water partition coefficient (Wildman–Crippen LogP) is 1.70. The summed E-state index contributed by atoms with van der Waals surface area (Å²) in [5, 5.41) is 11.8. The Hall–Kier alpha value is -2.02. The van der Waals surface area contributed by atoms with E-state index in [1.165, 1.54) is 7.11 Å². The SMILES string of the molecule is COc1ccc(-c2noc(CC(CN)CC(C)C)n2)nn1. The third kappa shape index (κ3) is 4.22. The van der Waals surface area contributed by atoms with Gasteiger partial charge >= 0.3 is 0 Å². The van der Waals surface area contributed by atoms with Crippen LogP contribution in [-0.2, 0) is 6.42 Å². The molecule has 7 heteroatoms. The first kappa shape index (κ1) is 15.4. The zero-order valence-corrected chi connectivity index (χ0v) is 12.6. The van der Waals surface area contributed by atoms with Crippen molar-refractivity contribution < 1.29 is 9.26 Å². The van der Waals surface area contributed by atoms with Gasteiger partial charge in [-0.25, -0.2) is 0 Å². The van der Waals surface area contributed by atoms with E-state index >= 15 is 0 Å². The van der Waals surface area contributed by atoms with E-state index in [1.807, 2.05) is 0 Å². The molecule has 0 spiro atoms. The van der Waals surface area contributed by atoms with Gasteiger partial charge in [-0.05, 0) is 30.9 Å². The minimum atomic E-state index is 0.347. The van der Waals surface area contributed by atoms with Crippen LogP contribution in [0.25, 0.3) is 11.5 Å². The van der Waals surface area contributed by atoms with Gasteiger partial charge in [-0.2, -0.15) is 4.98 Å². The van der Waals surface area contributed by atoms with Crippen LogP contribution < -0.4 is 10.5 Å². The minimum absolute atomic E-state index is 0.347. The van der Waals surface area contributed by atoms with E-state index < -0.39 is 0 Å². The lowest BCUT2D eigenvalue weighted by Gasteiger charge is -2.14. The first-order chi connectivity index (χ1) is 10.1. The van der Waals surface area contributed by atoms with Crippen LogP contribution in [0.4, 0.5) is 0 Å². The lowest BCUT2D eigenvalue weighted by atomic mass is 9.94. The Morgan fingerprint density at radius 2 is 2.10 bits per heavy atom. The molecule has 0 radical (unpaired) electrons. The maximum atomic E-state index is 5.79. The van der Waals surface area contributed by atoms with Crippen LogP contribution in [0.1, 0.15) is 26.2 Å². The van der Waals surface area contributed by atoms with Gasteiger partial charge in [0.05, 0.1) is 7.11 Å². The predicted molar refractivity (Wildman–Crippen MR) is 77.6 cm³/mol. The van der Waals surface area contributed by atoms with Crippen LogP contribution in [0.15, 0.2) is 16.7 Å². The lowest BCUT2D eigenvalue weighted by Crippen LogP contribution is -2.19. The van der Waals surface area contributed by atoms with E-state index in [4.69, 9.17) is 15.0 Å². The zero-order chi connectivity index (χ0) is 15.2. The van der Waals surface area contributed by atoms with E-state index in [0.29, 0.717) is 48.1 Å². The second kappa shape index (κ2) is 7.12. The fraction of sp³-hybridized carbons (Fsp3) is 0.571. The monoisotopic (exact) mass is 291 g/mol. The molecule has 2 N–H and O–H groups in total. The van der Waals surface area contributed by atoms with Crippen LogP contribution in [0, 0.1) is 11.8 Å². The summed E-state index contributed by atoms with van der Waals surface area (Å²) < 4.78 is 10.2. The molecule has 21 heavy (non-hydrogen) atoms. The minimum Gasteiger partial charge on any atom is -0.480 e. The number of aromatic nitrogens is 4. The number of rotatable bonds is 7. The Morgan fingerprint density at radius 1 is 1.29 bits per heavy atom. The molecule has 0 saturated carbocycles. The van der Waals surface area contributed by atoms with Gasteiger partial charge in [-0.1, -0.05) is 19.0 Å². The Bertz CT molecular complexity index is 553. The van der Waals surface area contributed by atoms with Crippen molar-refractivity contribution >= 4 is 0 Å². The molecule has 0 aliphatic carbocycles. The molecule has 2 aromatic rings. The van der Waals surface area contributed by atoms with E-state index in [2.05, 4.69) is 34.2 Å². The zero-order valence-electron chi connectivity index (χ0n) is 12.6. The molecule has 0 bridgehead atoms. The first-order valence-electron chi connectivity index (χ1n) is 7.03. The molecule has 0 saturated heterocycles. The number of nitrogens with two attached hydrogens (primary N) is 1. The highest BCUT2D eigenvalue weighted by atomic mass is 16.5. The van der Waals surface area contributed by atoms with Gasteiger partial charge in [0.25, 0.3) is 0 Å². The summed E-state index contributed by atoms with van der Waals surface area (Å²) >= 11 is 0. The number of ether oxygens (including phenoxy) is 1. The molecule has 2 rings (SSSR count). The highest BCUT2D eigenvalue weighted by Gasteiger charge is 2.16. The Kier molecular flexibility index (Phi) is 5.21. The van der Waals surface area contributed by atoms with Gasteiger partial charge in [0, 0.05) is 12.5 Å². The Morgan fingerprint density at radius 3 is 2.67 bits per heavy atom. The highest BCUT2D eigenvalue weighted by Crippen LogP contribution is 2.18. The van der Waals surface area contributed by atoms with Crippen LogP contribution in [0.5, 0.6) is 5.88 Å². The summed E-state index contributed by atoms with van der Waals surface area (Å²) in [5.41, 5.74) is 6.35. The maximum absolute atomic E-state index is 5.79. The molecular formula is C14H21N5O2. The summed E-state index contributed by atoms with van der Waals surface area (Å²) in [6.45, 7) is 4.96. The molecule has 1 unspecified atom stereocenters. The van der Waals surface area contributed by atoms with Crippen molar-refractivity contribution in [2.75, 3.05) is 13.7 Å². The Balaban J connectivity index is 2.06. The molecule has 2 heterocycles. The standard InChI is InChI=1S/C14H21N5O2/c1-9(2)6-10(8-15)7-13-16-14(19-21-13)11-4-5-12(20-3)18-17-11/h4-5,9-10H,6-8,15H2,1-3H3. The third-order valence-electron chi connectivity index (χ3n) is 3.15. The van der Waals surface area contributed by atoms with Crippen molar-refractivity contribution in [1.82, 2.24) is 20.3 Å². The smallest absolute Gasteiger partial charge is 0.233 e. The van der Waals surface area contributed by atoms with E-state index in [1.54, 1.807) is 12.1 Å². The molecule has 2 aromatic heterocycles. The molecule has 114 valence electrons. The topological polar surface area (TPSA) is 100.0 Å². The van der Waals surface area contributed by atoms with Gasteiger partial charge in [0.1, 0.15) is 5.69 Å². The van der Waals surface area contributed by atoms with Gasteiger partial charge in [-0.15, -0.1) is 10.2 Å². The van der Waals surface area contributed by atoms with Gasteiger partial charge in [-0.3, -0.25) is 0 Å². The molecule has 1 atom stereocenters. The van der Waals surface area contributed by atoms with Gasteiger partial charge in [0.2, 0.25) is 17.6 Å². The average molecular weight is 291 g/mol. The molecule has 7 nitrogen and oxygen atoms in total. The van der Waals surface area contributed by atoms with Crippen molar-refractivity contribution in [3.05, 3.63) is 18.0 Å². The summed E-state index contributed by atoms with van der Waals surface area (Å²) in [4.78, 5) is 4.35. The molecule has 0 aliphatic heterocycles. The van der Waals surface area contributed by atoms with Crippen LogP contribution in [-0.4, -0.2) is 34.0 Å². The van der Waals surface area contributed by atoms with E-state index in [-0.39, 0.29) is 0 Å². The first-order valence-corrected chi connectivity index (χ1v) is 7.03. The molecule has 0 amide bonds. The fourth-order valence-electron chi connectivity index (χ4n) is 2.17. The molecule has 0 fully saturated rings. The van der Waals surface area contributed by atoms with Crippen molar-refractivity contribution in [1.29, 1.82) is 0 Å². The number of hydrogen-bond donors (Lipinski definition) is 1. The summed E-state index contributed by atoms with van der Waals surface area (Å²) in [6.07, 6.45) is 1.72. The average Bonchev–Trinajstić information content (AvgIpc) is 2.94. The number of methoxy groups -OCH3 is 1. The summed E-state index contributed by atoms with van der Waals surface area (Å²) in [6, 6.07) is 3.45.